The summed E-state index contributed by atoms with van der Waals surface area (Å²) in [6, 6.07) is 5.86. The first-order chi connectivity index (χ1) is 25.0. The molecule has 1 saturated carbocycles. The SMILES string of the molecule is C=S1NC(=O)c2ccc3c(c2)N(CC(C2=C(CCC)CC(Cl)C=C2)CO3)CC2CCC2C(CN2CCN3CCC(F)(F)CC3C2)/C=C/CC(C)C1C. The Morgan fingerprint density at radius 1 is 1.12 bits per heavy atom. The summed E-state index contributed by atoms with van der Waals surface area (Å²) in [5.41, 5.74) is 4.43. The number of halogens is 3. The molecule has 2 aliphatic carbocycles. The van der Waals surface area contributed by atoms with Crippen LogP contribution in [-0.4, -0.2) is 96.6 Å². The lowest BCUT2D eigenvalue weighted by Crippen LogP contribution is -2.59. The number of piperidine rings is 1. The Morgan fingerprint density at radius 2 is 1.96 bits per heavy atom. The third-order valence-corrected chi connectivity index (χ3v) is 15.2. The first-order valence-corrected chi connectivity index (χ1v) is 21.8. The highest BCUT2D eigenvalue weighted by Crippen LogP contribution is 2.45. The molecule has 2 saturated heterocycles. The number of hydrogen-bond donors (Lipinski definition) is 1. The van der Waals surface area contributed by atoms with Crippen molar-refractivity contribution in [3.63, 3.8) is 0 Å². The summed E-state index contributed by atoms with van der Waals surface area (Å²) in [6.07, 6.45) is 15.4. The number of hydrogen-bond acceptors (Lipinski definition) is 5. The Balaban J connectivity index is 1.19. The fraction of sp³-hybridized carbons (Fsp3) is 0.667. The Bertz CT molecular complexity index is 1580. The first kappa shape index (κ1) is 38.1. The van der Waals surface area contributed by atoms with Gasteiger partial charge in [-0.2, -0.15) is 0 Å². The molecule has 10 heteroatoms. The number of piperazine rings is 1. The van der Waals surface area contributed by atoms with Gasteiger partial charge in [0.05, 0.1) is 17.7 Å². The van der Waals surface area contributed by atoms with Crippen LogP contribution in [0.15, 0.2) is 53.6 Å². The number of rotatable bonds is 5. The number of allylic oxidation sites excluding steroid dienone is 4. The molecule has 4 aliphatic heterocycles. The van der Waals surface area contributed by atoms with Gasteiger partial charge >= 0.3 is 0 Å². The number of anilines is 1. The second kappa shape index (κ2) is 16.3. The molecule has 7 rings (SSSR count). The summed E-state index contributed by atoms with van der Waals surface area (Å²) in [5.74, 6) is 4.46. The molecular formula is C42H59ClF2N4O2S. The molecule has 1 N–H and O–H groups in total. The van der Waals surface area contributed by atoms with E-state index < -0.39 is 16.6 Å². The maximum absolute atomic E-state index is 14.5. The van der Waals surface area contributed by atoms with E-state index in [2.05, 4.69) is 70.4 Å². The summed E-state index contributed by atoms with van der Waals surface area (Å²) < 4.78 is 38.8. The Morgan fingerprint density at radius 3 is 2.75 bits per heavy atom. The predicted octanol–water partition coefficient (Wildman–Crippen LogP) is 8.55. The van der Waals surface area contributed by atoms with Gasteiger partial charge in [-0.25, -0.2) is 8.78 Å². The van der Waals surface area contributed by atoms with Crippen molar-refractivity contribution in [1.29, 1.82) is 0 Å². The topological polar surface area (TPSA) is 48.1 Å². The van der Waals surface area contributed by atoms with Crippen molar-refractivity contribution in [2.24, 2.45) is 29.6 Å². The van der Waals surface area contributed by atoms with Crippen molar-refractivity contribution in [3.8, 4) is 5.75 Å². The summed E-state index contributed by atoms with van der Waals surface area (Å²) in [7, 11) is -0.554. The zero-order valence-electron chi connectivity index (χ0n) is 31.4. The number of fused-ring (bicyclic) bond motifs is 3. The lowest BCUT2D eigenvalue weighted by atomic mass is 9.66. The van der Waals surface area contributed by atoms with Crippen LogP contribution in [0.4, 0.5) is 14.5 Å². The number of amides is 1. The zero-order chi connectivity index (χ0) is 36.6. The standard InChI is InChI=1S/C42H59ClF2N4O2S/c1-5-7-30-20-35(43)12-14-37(30)34-25-49-24-33-10-13-38(33)32(23-47-18-19-48-17-16-42(44,45)22-36(48)26-47)9-6-8-28(2)29(3)52(4)46-41(50)31-11-15-40(51-27-34)39(49)21-31/h6,9,11-12,14-15,21,28-29,32-36,38H,4-5,7-8,10,13,16-20,22-27H2,1-3H3,(H,46,50)/b9-6+. The van der Waals surface area contributed by atoms with Crippen molar-refractivity contribution >= 4 is 39.7 Å². The van der Waals surface area contributed by atoms with E-state index in [-0.39, 0.29) is 41.3 Å². The third-order valence-electron chi connectivity index (χ3n) is 13.1. The summed E-state index contributed by atoms with van der Waals surface area (Å²) >= 11 is 6.63. The number of carbonyl (C=O) groups excluding carboxylic acids is 1. The monoisotopic (exact) mass is 756 g/mol. The molecule has 52 heavy (non-hydrogen) atoms. The first-order valence-electron chi connectivity index (χ1n) is 19.9. The van der Waals surface area contributed by atoms with E-state index in [0.29, 0.717) is 42.4 Å². The maximum Gasteiger partial charge on any atom is 0.260 e. The molecule has 6 nitrogen and oxygen atoms in total. The number of nitrogens with zero attached hydrogens (tertiary/aromatic N) is 3. The number of alkyl halides is 3. The molecule has 9 unspecified atom stereocenters. The number of carbonyl (C=O) groups is 1. The van der Waals surface area contributed by atoms with Crippen molar-refractivity contribution in [1.82, 2.24) is 14.5 Å². The quantitative estimate of drug-likeness (QED) is 0.186. The Kier molecular flexibility index (Phi) is 11.9. The van der Waals surface area contributed by atoms with E-state index in [9.17, 15) is 13.6 Å². The fourth-order valence-corrected chi connectivity index (χ4v) is 11.1. The highest BCUT2D eigenvalue weighted by Gasteiger charge is 2.44. The van der Waals surface area contributed by atoms with Gasteiger partial charge in [-0.05, 0) is 79.5 Å². The van der Waals surface area contributed by atoms with Crippen molar-refractivity contribution in [3.05, 3.63) is 59.2 Å². The van der Waals surface area contributed by atoms with Gasteiger partial charge in [0.25, 0.3) is 11.8 Å². The molecule has 0 aromatic heterocycles. The minimum atomic E-state index is -2.55. The molecule has 1 amide bonds. The molecule has 1 aromatic rings. The van der Waals surface area contributed by atoms with Crippen LogP contribution in [0.3, 0.4) is 0 Å². The van der Waals surface area contributed by atoms with E-state index in [1.165, 1.54) is 17.6 Å². The number of benzene rings is 1. The molecular weight excluding hydrogens is 698 g/mol. The molecule has 286 valence electrons. The smallest absolute Gasteiger partial charge is 0.260 e. The van der Waals surface area contributed by atoms with Crippen LogP contribution in [0.5, 0.6) is 5.75 Å². The van der Waals surface area contributed by atoms with Crippen molar-refractivity contribution in [2.75, 3.05) is 57.3 Å². The molecule has 1 aromatic carbocycles. The average molecular weight is 757 g/mol. The highest BCUT2D eigenvalue weighted by atomic mass is 35.5. The van der Waals surface area contributed by atoms with Gasteiger partial charge in [0.1, 0.15) is 5.75 Å². The van der Waals surface area contributed by atoms with Gasteiger partial charge in [0, 0.05) is 81.4 Å². The fourth-order valence-electron chi connectivity index (χ4n) is 9.60. The Hall–Kier alpha value is -2.20. The van der Waals surface area contributed by atoms with Gasteiger partial charge in [-0.15, -0.1) is 11.6 Å². The van der Waals surface area contributed by atoms with Crippen LogP contribution < -0.4 is 14.4 Å². The number of ether oxygens (including phenoxy) is 1. The van der Waals surface area contributed by atoms with Gasteiger partial charge in [0.15, 0.2) is 0 Å². The van der Waals surface area contributed by atoms with Crippen LogP contribution in [0.2, 0.25) is 0 Å². The molecule has 9 atom stereocenters. The van der Waals surface area contributed by atoms with Crippen molar-refractivity contribution < 1.29 is 18.3 Å². The van der Waals surface area contributed by atoms with Crippen LogP contribution in [-0.2, 0) is 0 Å². The van der Waals surface area contributed by atoms with Crippen LogP contribution >= 0.6 is 22.3 Å². The van der Waals surface area contributed by atoms with Gasteiger partial charge in [0.2, 0.25) is 0 Å². The lowest BCUT2D eigenvalue weighted by Gasteiger charge is -2.49. The van der Waals surface area contributed by atoms with E-state index >= 15 is 0 Å². The molecule has 0 radical (unpaired) electrons. The molecule has 3 fully saturated rings. The average Bonchev–Trinajstić information content (AvgIpc) is 3.28. The second-order valence-electron chi connectivity index (χ2n) is 16.6. The lowest BCUT2D eigenvalue weighted by molar-refractivity contribution is -0.0967. The van der Waals surface area contributed by atoms with Crippen LogP contribution in [0.25, 0.3) is 0 Å². The second-order valence-corrected chi connectivity index (χ2v) is 19.0. The number of nitrogens with one attached hydrogen (secondary N) is 1. The summed E-state index contributed by atoms with van der Waals surface area (Å²) in [5, 5.41) is 0.236. The highest BCUT2D eigenvalue weighted by molar-refractivity contribution is 8.13. The summed E-state index contributed by atoms with van der Waals surface area (Å²) in [4.78, 5) is 21.0. The zero-order valence-corrected chi connectivity index (χ0v) is 33.0. The molecule has 6 aliphatic rings. The Labute approximate surface area is 318 Å². The van der Waals surface area contributed by atoms with Gasteiger partial charge < -0.3 is 14.4 Å². The largest absolute Gasteiger partial charge is 0.491 e. The minimum Gasteiger partial charge on any atom is -0.491 e. The van der Waals surface area contributed by atoms with Crippen LogP contribution in [0, 0.1) is 29.6 Å². The normalized spacial score (nSPS) is 36.5. The van der Waals surface area contributed by atoms with Gasteiger partial charge in [-0.3, -0.25) is 14.6 Å². The van der Waals surface area contributed by atoms with Crippen LogP contribution in [0.1, 0.15) is 82.5 Å². The minimum absolute atomic E-state index is 0.0126. The molecule has 0 spiro atoms. The predicted molar refractivity (Wildman–Crippen MR) is 213 cm³/mol. The molecule has 4 heterocycles. The maximum atomic E-state index is 14.5. The van der Waals surface area contributed by atoms with E-state index in [0.717, 1.165) is 82.8 Å². The van der Waals surface area contributed by atoms with E-state index in [1.54, 1.807) is 0 Å². The van der Waals surface area contributed by atoms with E-state index in [1.807, 2.05) is 18.2 Å². The molecule has 2 bridgehead atoms. The summed E-state index contributed by atoms with van der Waals surface area (Å²) in [6.45, 7) is 12.9. The van der Waals surface area contributed by atoms with Gasteiger partial charge in [-0.1, -0.05) is 73.6 Å². The third kappa shape index (κ3) is 8.53. The van der Waals surface area contributed by atoms with E-state index in [4.69, 9.17) is 16.3 Å². The van der Waals surface area contributed by atoms with Crippen molar-refractivity contribution in [2.45, 2.75) is 94.7 Å².